The number of halogens is 1. The average Bonchev–Trinajstić information content (AvgIpc) is 2.35. The lowest BCUT2D eigenvalue weighted by Crippen LogP contribution is -1.98. The molecule has 0 unspecified atom stereocenters. The Balaban J connectivity index is 2.78. The molecule has 4 heteroatoms. The summed E-state index contributed by atoms with van der Waals surface area (Å²) in [5, 5.41) is 0.915. The van der Waals surface area contributed by atoms with Crippen molar-refractivity contribution in [1.82, 2.24) is 4.98 Å². The minimum Gasteiger partial charge on any atom is -0.327 e. The molecule has 0 aromatic carbocycles. The van der Waals surface area contributed by atoms with Crippen molar-refractivity contribution in [3.8, 4) is 0 Å². The van der Waals surface area contributed by atoms with Crippen LogP contribution in [0, 0.1) is 0 Å². The maximum absolute atomic E-state index is 5.68. The topological polar surface area (TPSA) is 38.9 Å². The molecule has 0 aliphatic rings. The van der Waals surface area contributed by atoms with Gasteiger partial charge in [-0.15, -0.1) is 11.3 Å². The lowest BCUT2D eigenvalue weighted by Gasteiger charge is -1.90. The second-order valence-corrected chi connectivity index (χ2v) is 3.89. The SMILES string of the molecule is C/C(=C/c1ncc(Cl)s1)CN. The summed E-state index contributed by atoms with van der Waals surface area (Å²) in [6.07, 6.45) is 3.58. The molecule has 0 spiro atoms. The van der Waals surface area contributed by atoms with Crippen LogP contribution in [0.2, 0.25) is 4.34 Å². The van der Waals surface area contributed by atoms with E-state index in [9.17, 15) is 0 Å². The van der Waals surface area contributed by atoms with Gasteiger partial charge in [-0.1, -0.05) is 17.2 Å². The van der Waals surface area contributed by atoms with Crippen molar-refractivity contribution in [3.63, 3.8) is 0 Å². The minimum atomic E-state index is 0.567. The highest BCUT2D eigenvalue weighted by Gasteiger charge is 1.95. The van der Waals surface area contributed by atoms with Gasteiger partial charge in [0, 0.05) is 6.54 Å². The Labute approximate surface area is 74.7 Å². The highest BCUT2D eigenvalue weighted by molar-refractivity contribution is 7.16. The average molecular weight is 189 g/mol. The first kappa shape index (κ1) is 8.71. The Bertz CT molecular complexity index is 267. The molecule has 2 N–H and O–H groups in total. The lowest BCUT2D eigenvalue weighted by molar-refractivity contribution is 1.15. The summed E-state index contributed by atoms with van der Waals surface area (Å²) in [7, 11) is 0. The summed E-state index contributed by atoms with van der Waals surface area (Å²) < 4.78 is 0.709. The van der Waals surface area contributed by atoms with Crippen LogP contribution in [0.4, 0.5) is 0 Å². The number of nitrogens with zero attached hydrogens (tertiary/aromatic N) is 1. The molecule has 0 saturated heterocycles. The van der Waals surface area contributed by atoms with Crippen LogP contribution in [0.5, 0.6) is 0 Å². The van der Waals surface area contributed by atoms with E-state index in [2.05, 4.69) is 4.98 Å². The molecule has 1 heterocycles. The molecule has 2 nitrogen and oxygen atoms in total. The summed E-state index contributed by atoms with van der Waals surface area (Å²) in [5.74, 6) is 0. The van der Waals surface area contributed by atoms with E-state index in [-0.39, 0.29) is 0 Å². The van der Waals surface area contributed by atoms with Gasteiger partial charge in [0.05, 0.1) is 6.20 Å². The van der Waals surface area contributed by atoms with Gasteiger partial charge in [-0.2, -0.15) is 0 Å². The zero-order valence-corrected chi connectivity index (χ0v) is 7.75. The largest absolute Gasteiger partial charge is 0.327 e. The highest BCUT2D eigenvalue weighted by Crippen LogP contribution is 2.19. The fourth-order valence-corrected chi connectivity index (χ4v) is 1.56. The Morgan fingerprint density at radius 1 is 1.91 bits per heavy atom. The molecule has 0 fully saturated rings. The van der Waals surface area contributed by atoms with Crippen molar-refractivity contribution in [2.24, 2.45) is 5.73 Å². The van der Waals surface area contributed by atoms with Crippen molar-refractivity contribution in [3.05, 3.63) is 21.1 Å². The third kappa shape index (κ3) is 2.61. The summed E-state index contributed by atoms with van der Waals surface area (Å²) in [6, 6.07) is 0. The molecule has 0 aliphatic carbocycles. The first-order valence-electron chi connectivity index (χ1n) is 3.21. The third-order valence-corrected chi connectivity index (χ3v) is 2.25. The predicted octanol–water partition coefficient (Wildman–Crippen LogP) is 2.16. The van der Waals surface area contributed by atoms with Gasteiger partial charge in [0.1, 0.15) is 9.34 Å². The van der Waals surface area contributed by atoms with Crippen LogP contribution in [0.15, 0.2) is 11.8 Å². The number of hydrogen-bond acceptors (Lipinski definition) is 3. The molecule has 0 radical (unpaired) electrons. The second-order valence-electron chi connectivity index (χ2n) is 2.20. The molecule has 1 aromatic rings. The Kier molecular flexibility index (Phi) is 3.05. The molecule has 0 saturated carbocycles. The van der Waals surface area contributed by atoms with Gasteiger partial charge in [-0.25, -0.2) is 4.98 Å². The maximum atomic E-state index is 5.68. The number of thiazole rings is 1. The Morgan fingerprint density at radius 3 is 3.09 bits per heavy atom. The van der Waals surface area contributed by atoms with Gasteiger partial charge in [0.15, 0.2) is 0 Å². The standard InChI is InChI=1S/C7H9ClN2S/c1-5(3-9)2-7-10-4-6(8)11-7/h2,4H,3,9H2,1H3/b5-2-. The molecule has 60 valence electrons. The number of nitrogens with two attached hydrogens (primary N) is 1. The number of rotatable bonds is 2. The Morgan fingerprint density at radius 2 is 2.64 bits per heavy atom. The van der Waals surface area contributed by atoms with Crippen molar-refractivity contribution < 1.29 is 0 Å². The van der Waals surface area contributed by atoms with E-state index in [0.29, 0.717) is 10.9 Å². The third-order valence-electron chi connectivity index (χ3n) is 1.19. The molecule has 1 aromatic heterocycles. The van der Waals surface area contributed by atoms with Crippen molar-refractivity contribution in [2.45, 2.75) is 6.92 Å². The first-order chi connectivity index (χ1) is 5.22. The molecular weight excluding hydrogens is 180 g/mol. The van der Waals surface area contributed by atoms with Crippen molar-refractivity contribution >= 4 is 29.0 Å². The predicted molar refractivity (Wildman–Crippen MR) is 49.8 cm³/mol. The molecule has 0 amide bonds. The normalized spacial score (nSPS) is 12.1. The van der Waals surface area contributed by atoms with Crippen molar-refractivity contribution in [2.75, 3.05) is 6.54 Å². The van der Waals surface area contributed by atoms with Gasteiger partial charge in [-0.3, -0.25) is 0 Å². The zero-order chi connectivity index (χ0) is 8.27. The van der Waals surface area contributed by atoms with Gasteiger partial charge in [0.25, 0.3) is 0 Å². The van der Waals surface area contributed by atoms with Crippen LogP contribution in [-0.4, -0.2) is 11.5 Å². The van der Waals surface area contributed by atoms with Crippen LogP contribution in [0.3, 0.4) is 0 Å². The van der Waals surface area contributed by atoms with Gasteiger partial charge < -0.3 is 5.73 Å². The van der Waals surface area contributed by atoms with Crippen molar-refractivity contribution in [1.29, 1.82) is 0 Å². The van der Waals surface area contributed by atoms with E-state index in [1.165, 1.54) is 11.3 Å². The quantitative estimate of drug-likeness (QED) is 0.773. The number of hydrogen-bond donors (Lipinski definition) is 1. The summed E-state index contributed by atoms with van der Waals surface area (Å²) in [4.78, 5) is 4.06. The van der Waals surface area contributed by atoms with Gasteiger partial charge in [0.2, 0.25) is 0 Å². The second kappa shape index (κ2) is 3.85. The highest BCUT2D eigenvalue weighted by atomic mass is 35.5. The van der Waals surface area contributed by atoms with Crippen LogP contribution in [-0.2, 0) is 0 Å². The van der Waals surface area contributed by atoms with E-state index in [4.69, 9.17) is 17.3 Å². The van der Waals surface area contributed by atoms with E-state index in [1.807, 2.05) is 13.0 Å². The van der Waals surface area contributed by atoms with E-state index < -0.39 is 0 Å². The molecule has 0 aliphatic heterocycles. The number of aromatic nitrogens is 1. The summed E-state index contributed by atoms with van der Waals surface area (Å²) >= 11 is 7.14. The van der Waals surface area contributed by atoms with Crippen LogP contribution < -0.4 is 5.73 Å². The maximum Gasteiger partial charge on any atom is 0.117 e. The molecule has 11 heavy (non-hydrogen) atoms. The fraction of sp³-hybridized carbons (Fsp3) is 0.286. The van der Waals surface area contributed by atoms with E-state index >= 15 is 0 Å². The van der Waals surface area contributed by atoms with Gasteiger partial charge >= 0.3 is 0 Å². The molecule has 0 bridgehead atoms. The zero-order valence-electron chi connectivity index (χ0n) is 6.17. The molecule has 0 atom stereocenters. The molecular formula is C7H9ClN2S. The van der Waals surface area contributed by atoms with Crippen LogP contribution in [0.1, 0.15) is 11.9 Å². The summed E-state index contributed by atoms with van der Waals surface area (Å²) in [6.45, 7) is 2.53. The minimum absolute atomic E-state index is 0.567. The van der Waals surface area contributed by atoms with Crippen LogP contribution >= 0.6 is 22.9 Å². The molecule has 1 rings (SSSR count). The fourth-order valence-electron chi connectivity index (χ4n) is 0.603. The van der Waals surface area contributed by atoms with Gasteiger partial charge in [-0.05, 0) is 13.0 Å². The first-order valence-corrected chi connectivity index (χ1v) is 4.40. The smallest absolute Gasteiger partial charge is 0.117 e. The van der Waals surface area contributed by atoms with E-state index in [0.717, 1.165) is 10.6 Å². The van der Waals surface area contributed by atoms with Crippen LogP contribution in [0.25, 0.3) is 6.08 Å². The lowest BCUT2D eigenvalue weighted by atomic mass is 10.3. The summed E-state index contributed by atoms with van der Waals surface area (Å²) in [5.41, 5.74) is 6.51. The van der Waals surface area contributed by atoms with E-state index in [1.54, 1.807) is 6.20 Å². The monoisotopic (exact) mass is 188 g/mol. The Hall–Kier alpha value is -0.380.